The predicted octanol–water partition coefficient (Wildman–Crippen LogP) is 4.36. The Morgan fingerprint density at radius 3 is 2.41 bits per heavy atom. The van der Waals surface area contributed by atoms with Crippen LogP contribution in [-0.4, -0.2) is 6.36 Å². The first-order valence-corrected chi connectivity index (χ1v) is 4.86. The van der Waals surface area contributed by atoms with Crippen LogP contribution in [0.5, 0.6) is 5.75 Å². The molecule has 0 unspecified atom stereocenters. The van der Waals surface area contributed by atoms with Gasteiger partial charge in [-0.25, -0.2) is 0 Å². The van der Waals surface area contributed by atoms with Crippen LogP contribution in [-0.2, 0) is 0 Å². The van der Waals surface area contributed by atoms with E-state index >= 15 is 0 Å². The minimum atomic E-state index is -4.73. The molecule has 0 spiro atoms. The molecule has 0 atom stereocenters. The van der Waals surface area contributed by atoms with Crippen molar-refractivity contribution >= 4 is 6.08 Å². The number of ether oxygens (including phenoxy) is 1. The lowest BCUT2D eigenvalue weighted by Gasteiger charge is -2.17. The monoisotopic (exact) mass is 241 g/mol. The van der Waals surface area contributed by atoms with Crippen molar-refractivity contribution in [2.75, 3.05) is 0 Å². The summed E-state index contributed by atoms with van der Waals surface area (Å²) in [5, 5.41) is 0. The fraction of sp³-hybridized carbons (Fsp3) is 0.154. The molecule has 1 rings (SSSR count). The van der Waals surface area contributed by atoms with Crippen LogP contribution < -0.4 is 4.74 Å². The number of para-hydroxylation sites is 1. The van der Waals surface area contributed by atoms with E-state index in [2.05, 4.69) is 17.9 Å². The average Bonchev–Trinajstić information content (AvgIpc) is 2.26. The quantitative estimate of drug-likeness (QED) is 0.761. The van der Waals surface area contributed by atoms with Gasteiger partial charge in [-0.1, -0.05) is 43.9 Å². The number of alkyl halides is 3. The van der Waals surface area contributed by atoms with E-state index in [9.17, 15) is 13.2 Å². The molecule has 0 aliphatic heterocycles. The van der Waals surface area contributed by atoms with Crippen LogP contribution in [0.15, 0.2) is 37.4 Å². The van der Waals surface area contributed by atoms with Crippen molar-refractivity contribution < 1.29 is 17.9 Å². The molecular formula is C13H12F3O. The van der Waals surface area contributed by atoms with E-state index in [1.54, 1.807) is 19.1 Å². The summed E-state index contributed by atoms with van der Waals surface area (Å²) in [5.74, 6) is 0.361. The molecule has 0 heterocycles. The van der Waals surface area contributed by atoms with Crippen LogP contribution in [0, 0.1) is 5.92 Å². The zero-order valence-electron chi connectivity index (χ0n) is 9.34. The number of halogens is 3. The van der Waals surface area contributed by atoms with Crippen molar-refractivity contribution in [1.29, 1.82) is 0 Å². The Kier molecular flexibility index (Phi) is 3.99. The SMILES string of the molecule is C=C[C](C)c1cccc(C=C)c1OC(F)(F)F. The van der Waals surface area contributed by atoms with Gasteiger partial charge in [-0.05, 0) is 0 Å². The van der Waals surface area contributed by atoms with E-state index in [1.165, 1.54) is 18.2 Å². The van der Waals surface area contributed by atoms with Crippen LogP contribution in [0.25, 0.3) is 6.08 Å². The molecule has 0 bridgehead atoms. The van der Waals surface area contributed by atoms with Gasteiger partial charge in [0.25, 0.3) is 0 Å². The van der Waals surface area contributed by atoms with Gasteiger partial charge in [0.1, 0.15) is 5.75 Å². The minimum absolute atomic E-state index is 0.243. The molecule has 0 N–H and O–H groups in total. The Bertz CT molecular complexity index is 421. The highest BCUT2D eigenvalue weighted by molar-refractivity contribution is 5.62. The van der Waals surface area contributed by atoms with E-state index in [0.717, 1.165) is 0 Å². The summed E-state index contributed by atoms with van der Waals surface area (Å²) in [4.78, 5) is 0. The fourth-order valence-electron chi connectivity index (χ4n) is 1.37. The Morgan fingerprint density at radius 1 is 1.29 bits per heavy atom. The van der Waals surface area contributed by atoms with Crippen LogP contribution in [0.1, 0.15) is 18.1 Å². The molecule has 0 saturated carbocycles. The molecule has 0 aromatic heterocycles. The van der Waals surface area contributed by atoms with Gasteiger partial charge in [-0.3, -0.25) is 0 Å². The zero-order chi connectivity index (χ0) is 13.1. The van der Waals surface area contributed by atoms with Gasteiger partial charge < -0.3 is 4.74 Å². The molecule has 0 saturated heterocycles. The van der Waals surface area contributed by atoms with Gasteiger partial charge >= 0.3 is 6.36 Å². The summed E-state index contributed by atoms with van der Waals surface area (Å²) in [5.41, 5.74) is 0.649. The number of hydrogen-bond acceptors (Lipinski definition) is 1. The van der Waals surface area contributed by atoms with Crippen LogP contribution >= 0.6 is 0 Å². The maximum Gasteiger partial charge on any atom is 0.573 e. The summed E-state index contributed by atoms with van der Waals surface area (Å²) in [6.45, 7) is 8.66. The molecule has 1 aromatic rings. The number of benzene rings is 1. The topological polar surface area (TPSA) is 9.23 Å². The van der Waals surface area contributed by atoms with E-state index in [0.29, 0.717) is 17.0 Å². The summed E-state index contributed by atoms with van der Waals surface area (Å²) >= 11 is 0. The Morgan fingerprint density at radius 2 is 1.94 bits per heavy atom. The van der Waals surface area contributed by atoms with Crippen molar-refractivity contribution in [1.82, 2.24) is 0 Å². The first kappa shape index (κ1) is 13.4. The van der Waals surface area contributed by atoms with Gasteiger partial charge in [-0.2, -0.15) is 0 Å². The zero-order valence-corrected chi connectivity index (χ0v) is 9.34. The highest BCUT2D eigenvalue weighted by Gasteiger charge is 2.33. The first-order valence-electron chi connectivity index (χ1n) is 4.86. The summed E-state index contributed by atoms with van der Waals surface area (Å²) < 4.78 is 41.0. The van der Waals surface area contributed by atoms with Crippen molar-refractivity contribution in [3.63, 3.8) is 0 Å². The van der Waals surface area contributed by atoms with Crippen LogP contribution in [0.4, 0.5) is 13.2 Å². The molecule has 1 radical (unpaired) electrons. The van der Waals surface area contributed by atoms with Crippen LogP contribution in [0.3, 0.4) is 0 Å². The van der Waals surface area contributed by atoms with E-state index in [1.807, 2.05) is 0 Å². The second kappa shape index (κ2) is 5.08. The van der Waals surface area contributed by atoms with E-state index in [-0.39, 0.29) is 5.75 Å². The predicted molar refractivity (Wildman–Crippen MR) is 61.4 cm³/mol. The Balaban J connectivity index is 3.30. The lowest BCUT2D eigenvalue weighted by molar-refractivity contribution is -0.274. The summed E-state index contributed by atoms with van der Waals surface area (Å²) in [7, 11) is 0. The molecule has 1 aromatic carbocycles. The maximum atomic E-state index is 12.3. The van der Waals surface area contributed by atoms with Gasteiger partial charge in [-0.15, -0.1) is 19.8 Å². The summed E-state index contributed by atoms with van der Waals surface area (Å²) in [6, 6.07) is 4.70. The van der Waals surface area contributed by atoms with Gasteiger partial charge in [0.15, 0.2) is 0 Å². The smallest absolute Gasteiger partial charge is 0.405 e. The number of allylic oxidation sites excluding steroid dienone is 1. The number of rotatable bonds is 4. The first-order chi connectivity index (χ1) is 7.89. The average molecular weight is 241 g/mol. The Labute approximate surface area is 98.2 Å². The highest BCUT2D eigenvalue weighted by atomic mass is 19.4. The molecule has 0 fully saturated rings. The number of hydrogen-bond donors (Lipinski definition) is 0. The molecule has 17 heavy (non-hydrogen) atoms. The molecular weight excluding hydrogens is 229 g/mol. The van der Waals surface area contributed by atoms with E-state index in [4.69, 9.17) is 0 Å². The van der Waals surface area contributed by atoms with E-state index < -0.39 is 6.36 Å². The molecule has 4 heteroatoms. The standard InChI is InChI=1S/C13H12F3O/c1-4-9(3)11-8-6-7-10(5-2)12(11)17-13(14,15)16/h4-8H,1-2H2,3H3. The summed E-state index contributed by atoms with van der Waals surface area (Å²) in [6.07, 6.45) is -1.93. The highest BCUT2D eigenvalue weighted by Crippen LogP contribution is 2.34. The molecule has 0 aliphatic carbocycles. The molecule has 91 valence electrons. The minimum Gasteiger partial charge on any atom is -0.405 e. The van der Waals surface area contributed by atoms with Gasteiger partial charge in [0.2, 0.25) is 0 Å². The fourth-order valence-corrected chi connectivity index (χ4v) is 1.37. The third-order valence-corrected chi connectivity index (χ3v) is 2.21. The third-order valence-electron chi connectivity index (χ3n) is 2.21. The van der Waals surface area contributed by atoms with Gasteiger partial charge in [0, 0.05) is 17.0 Å². The second-order valence-electron chi connectivity index (χ2n) is 3.36. The lowest BCUT2D eigenvalue weighted by atomic mass is 9.97. The lowest BCUT2D eigenvalue weighted by Crippen LogP contribution is -2.19. The van der Waals surface area contributed by atoms with Crippen molar-refractivity contribution in [2.24, 2.45) is 0 Å². The second-order valence-corrected chi connectivity index (χ2v) is 3.36. The molecule has 0 aliphatic rings. The van der Waals surface area contributed by atoms with Crippen LogP contribution in [0.2, 0.25) is 0 Å². The van der Waals surface area contributed by atoms with Crippen molar-refractivity contribution in [3.05, 3.63) is 54.5 Å². The van der Waals surface area contributed by atoms with Crippen molar-refractivity contribution in [3.8, 4) is 5.75 Å². The normalized spacial score (nSPS) is 11.4. The molecule has 0 amide bonds. The third kappa shape index (κ3) is 3.37. The molecule has 1 nitrogen and oxygen atoms in total. The Hall–Kier alpha value is -1.71. The maximum absolute atomic E-state index is 12.3. The largest absolute Gasteiger partial charge is 0.573 e. The van der Waals surface area contributed by atoms with Crippen molar-refractivity contribution in [2.45, 2.75) is 13.3 Å². The van der Waals surface area contributed by atoms with Gasteiger partial charge in [0.05, 0.1) is 0 Å².